The summed E-state index contributed by atoms with van der Waals surface area (Å²) in [6.07, 6.45) is 2.42. The van der Waals surface area contributed by atoms with E-state index in [0.717, 1.165) is 27.6 Å². The lowest BCUT2D eigenvalue weighted by molar-refractivity contribution is -0.117. The van der Waals surface area contributed by atoms with Gasteiger partial charge in [-0.25, -0.2) is 18.1 Å². The Hall–Kier alpha value is -2.62. The van der Waals surface area contributed by atoms with Gasteiger partial charge < -0.3 is 4.90 Å². The van der Waals surface area contributed by atoms with Crippen molar-refractivity contribution < 1.29 is 13.2 Å². The second-order valence-electron chi connectivity index (χ2n) is 6.43. The maximum Gasteiger partial charge on any atom is 0.240 e. The number of aromatic nitrogens is 2. The van der Waals surface area contributed by atoms with Crippen molar-refractivity contribution in [1.29, 1.82) is 0 Å². The molecule has 1 aliphatic heterocycles. The van der Waals surface area contributed by atoms with E-state index in [1.54, 1.807) is 30.3 Å². The van der Waals surface area contributed by atoms with Crippen LogP contribution in [0.5, 0.6) is 0 Å². The van der Waals surface area contributed by atoms with Crippen LogP contribution in [0.1, 0.15) is 11.3 Å². The van der Waals surface area contributed by atoms with E-state index in [9.17, 15) is 13.2 Å². The largest absolute Gasteiger partial charge is 0.315 e. The third kappa shape index (κ3) is 3.68. The molecule has 3 heterocycles. The van der Waals surface area contributed by atoms with E-state index in [2.05, 4.69) is 14.7 Å². The van der Waals surface area contributed by atoms with Gasteiger partial charge in [-0.05, 0) is 35.9 Å². The van der Waals surface area contributed by atoms with Gasteiger partial charge in [0, 0.05) is 37.3 Å². The summed E-state index contributed by atoms with van der Waals surface area (Å²) in [6.45, 7) is 0.240. The molecule has 0 bridgehead atoms. The number of sulfonamides is 1. The molecule has 28 heavy (non-hydrogen) atoms. The predicted molar refractivity (Wildman–Crippen MR) is 108 cm³/mol. The summed E-state index contributed by atoms with van der Waals surface area (Å²) >= 11 is 1.48. The summed E-state index contributed by atoms with van der Waals surface area (Å²) < 4.78 is 27.8. The molecule has 4 rings (SSSR count). The van der Waals surface area contributed by atoms with E-state index in [1.165, 1.54) is 17.4 Å². The van der Waals surface area contributed by atoms with Crippen LogP contribution >= 0.6 is 11.3 Å². The molecule has 0 radical (unpaired) electrons. The van der Waals surface area contributed by atoms with Gasteiger partial charge in [-0.3, -0.25) is 9.78 Å². The molecule has 1 aromatic carbocycles. The lowest BCUT2D eigenvalue weighted by Crippen LogP contribution is -2.26. The number of nitrogens with one attached hydrogen (secondary N) is 1. The highest BCUT2D eigenvalue weighted by atomic mass is 32.2. The van der Waals surface area contributed by atoms with Crippen LogP contribution < -0.4 is 9.62 Å². The van der Waals surface area contributed by atoms with Crippen LogP contribution in [-0.4, -0.2) is 37.9 Å². The van der Waals surface area contributed by atoms with Gasteiger partial charge in [-0.1, -0.05) is 6.07 Å². The van der Waals surface area contributed by atoms with Crippen LogP contribution in [0.2, 0.25) is 0 Å². The highest BCUT2D eigenvalue weighted by Crippen LogP contribution is 2.29. The number of hydrogen-bond donors (Lipinski definition) is 1. The van der Waals surface area contributed by atoms with E-state index >= 15 is 0 Å². The molecule has 0 spiro atoms. The molecule has 3 aromatic rings. The Bertz CT molecular complexity index is 1130. The number of likely N-dealkylation sites (N-methyl/N-ethyl adjacent to an activating group) is 1. The molecule has 1 aliphatic rings. The van der Waals surface area contributed by atoms with Crippen molar-refractivity contribution >= 4 is 33.0 Å². The highest BCUT2D eigenvalue weighted by molar-refractivity contribution is 7.89. The van der Waals surface area contributed by atoms with Crippen molar-refractivity contribution in [3.05, 3.63) is 59.2 Å². The van der Waals surface area contributed by atoms with Crippen LogP contribution in [-0.2, 0) is 27.7 Å². The SMILES string of the molecule is CN1C(=O)Cc2cc(S(=O)(=O)NCCc3csc(-c4ccccn4)n3)ccc21. The lowest BCUT2D eigenvalue weighted by atomic mass is 10.2. The minimum Gasteiger partial charge on any atom is -0.315 e. The first kappa shape index (κ1) is 18.7. The maximum absolute atomic E-state index is 12.6. The van der Waals surface area contributed by atoms with Crippen LogP contribution in [0.3, 0.4) is 0 Å². The molecular weight excluding hydrogens is 396 g/mol. The van der Waals surface area contributed by atoms with Crippen LogP contribution in [0.25, 0.3) is 10.7 Å². The van der Waals surface area contributed by atoms with Gasteiger partial charge in [0.2, 0.25) is 15.9 Å². The lowest BCUT2D eigenvalue weighted by Gasteiger charge is -2.11. The van der Waals surface area contributed by atoms with Crippen molar-refractivity contribution in [3.63, 3.8) is 0 Å². The van der Waals surface area contributed by atoms with Crippen LogP contribution in [0.15, 0.2) is 52.9 Å². The Balaban J connectivity index is 1.41. The molecular formula is C19H18N4O3S2. The number of benzene rings is 1. The van der Waals surface area contributed by atoms with Crippen molar-refractivity contribution in [2.45, 2.75) is 17.7 Å². The summed E-state index contributed by atoms with van der Waals surface area (Å²) in [6, 6.07) is 10.4. The standard InChI is InChI=1S/C19H18N4O3S2/c1-23-17-6-5-15(10-13(17)11-18(23)24)28(25,26)21-9-7-14-12-27-19(22-14)16-4-2-3-8-20-16/h2-6,8,10,12,21H,7,9,11H2,1H3. The second kappa shape index (κ2) is 7.42. The summed E-state index contributed by atoms with van der Waals surface area (Å²) in [4.78, 5) is 22.3. The van der Waals surface area contributed by atoms with Crippen molar-refractivity contribution in [2.75, 3.05) is 18.5 Å². The number of fused-ring (bicyclic) bond motifs is 1. The number of nitrogens with zero attached hydrogens (tertiary/aromatic N) is 3. The third-order valence-corrected chi connectivity index (χ3v) is 6.92. The molecule has 0 atom stereocenters. The molecule has 2 aromatic heterocycles. The van der Waals surface area contributed by atoms with Crippen molar-refractivity contribution in [3.8, 4) is 10.7 Å². The van der Waals surface area contributed by atoms with Gasteiger partial charge in [-0.2, -0.15) is 0 Å². The molecule has 1 amide bonds. The fourth-order valence-corrected chi connectivity index (χ4v) is 4.95. The molecule has 1 N–H and O–H groups in total. The fraction of sp³-hybridized carbons (Fsp3) is 0.211. The highest BCUT2D eigenvalue weighted by Gasteiger charge is 2.26. The first-order chi connectivity index (χ1) is 13.4. The van der Waals surface area contributed by atoms with E-state index in [-0.39, 0.29) is 23.8 Å². The Labute approximate surface area is 167 Å². The maximum atomic E-state index is 12.6. The molecule has 7 nitrogen and oxygen atoms in total. The monoisotopic (exact) mass is 414 g/mol. The van der Waals surface area contributed by atoms with Crippen LogP contribution in [0, 0.1) is 0 Å². The van der Waals surface area contributed by atoms with Crippen molar-refractivity contribution in [1.82, 2.24) is 14.7 Å². The Morgan fingerprint density at radius 2 is 2.11 bits per heavy atom. The van der Waals surface area contributed by atoms with Crippen LogP contribution in [0.4, 0.5) is 5.69 Å². The molecule has 9 heteroatoms. The van der Waals surface area contributed by atoms with E-state index in [0.29, 0.717) is 6.42 Å². The quantitative estimate of drug-likeness (QED) is 0.668. The smallest absolute Gasteiger partial charge is 0.240 e. The summed E-state index contributed by atoms with van der Waals surface area (Å²) in [5, 5.41) is 2.72. The average Bonchev–Trinajstić information content (AvgIpc) is 3.27. The molecule has 0 saturated carbocycles. The second-order valence-corrected chi connectivity index (χ2v) is 9.05. The summed E-state index contributed by atoms with van der Waals surface area (Å²) in [5.41, 5.74) is 3.11. The average molecular weight is 415 g/mol. The normalized spacial score (nSPS) is 13.8. The van der Waals surface area contributed by atoms with Gasteiger partial charge in [-0.15, -0.1) is 11.3 Å². The molecule has 0 saturated heterocycles. The minimum atomic E-state index is -3.65. The first-order valence-electron chi connectivity index (χ1n) is 8.69. The Morgan fingerprint density at radius 1 is 1.25 bits per heavy atom. The van der Waals surface area contributed by atoms with Gasteiger partial charge in [0.05, 0.1) is 22.7 Å². The molecule has 0 aliphatic carbocycles. The summed E-state index contributed by atoms with van der Waals surface area (Å²) in [5.74, 6) is -0.0373. The molecule has 0 unspecified atom stereocenters. The van der Waals surface area contributed by atoms with E-state index < -0.39 is 10.0 Å². The Kier molecular flexibility index (Phi) is 4.96. The number of amides is 1. The number of anilines is 1. The Morgan fingerprint density at radius 3 is 2.89 bits per heavy atom. The van der Waals surface area contributed by atoms with Crippen molar-refractivity contribution in [2.24, 2.45) is 0 Å². The van der Waals surface area contributed by atoms with Gasteiger partial charge in [0.1, 0.15) is 5.01 Å². The number of thiazole rings is 1. The number of pyridine rings is 1. The van der Waals surface area contributed by atoms with E-state index in [4.69, 9.17) is 0 Å². The number of hydrogen-bond acceptors (Lipinski definition) is 6. The zero-order valence-corrected chi connectivity index (χ0v) is 16.8. The van der Waals surface area contributed by atoms with Gasteiger partial charge in [0.25, 0.3) is 0 Å². The first-order valence-corrected chi connectivity index (χ1v) is 11.1. The zero-order chi connectivity index (χ0) is 19.7. The number of rotatable bonds is 6. The minimum absolute atomic E-state index is 0.0373. The number of carbonyl (C=O) groups excluding carboxylic acids is 1. The predicted octanol–water partition coefficient (Wildman–Crippen LogP) is 2.25. The number of carbonyl (C=O) groups is 1. The van der Waals surface area contributed by atoms with Gasteiger partial charge >= 0.3 is 0 Å². The zero-order valence-electron chi connectivity index (χ0n) is 15.1. The topological polar surface area (TPSA) is 92.3 Å². The summed E-state index contributed by atoms with van der Waals surface area (Å²) in [7, 11) is -1.96. The third-order valence-electron chi connectivity index (χ3n) is 4.55. The fourth-order valence-electron chi connectivity index (χ4n) is 3.04. The van der Waals surface area contributed by atoms with Gasteiger partial charge in [0.15, 0.2) is 0 Å². The molecule has 0 fully saturated rings. The van der Waals surface area contributed by atoms with E-state index in [1.807, 2.05) is 23.6 Å². The molecule has 144 valence electrons.